The molecule has 0 saturated carbocycles. The molecule has 0 radical (unpaired) electrons. The lowest BCUT2D eigenvalue weighted by atomic mass is 9.87. The average Bonchev–Trinajstić information content (AvgIpc) is 3.17. The first kappa shape index (κ1) is 23.6. The Bertz CT molecular complexity index is 1330. The van der Waals surface area contributed by atoms with E-state index in [4.69, 9.17) is 20.8 Å². The van der Waals surface area contributed by atoms with E-state index in [1.54, 1.807) is 49.4 Å². The van der Waals surface area contributed by atoms with Gasteiger partial charge in [0.05, 0.1) is 5.69 Å². The van der Waals surface area contributed by atoms with Gasteiger partial charge in [-0.1, -0.05) is 56.6 Å². The van der Waals surface area contributed by atoms with Gasteiger partial charge in [0.25, 0.3) is 5.91 Å². The van der Waals surface area contributed by atoms with Crippen LogP contribution in [0.2, 0.25) is 5.02 Å². The Kier molecular flexibility index (Phi) is 6.49. The van der Waals surface area contributed by atoms with Crippen molar-refractivity contribution in [2.24, 2.45) is 0 Å². The van der Waals surface area contributed by atoms with Crippen molar-refractivity contribution >= 4 is 39.9 Å². The summed E-state index contributed by atoms with van der Waals surface area (Å²) < 4.78 is 11.7. The third-order valence-electron chi connectivity index (χ3n) is 5.56. The molecule has 1 N–H and O–H groups in total. The number of hydrogen-bond donors (Lipinski definition) is 1. The van der Waals surface area contributed by atoms with Crippen molar-refractivity contribution in [3.8, 4) is 5.75 Å². The summed E-state index contributed by atoms with van der Waals surface area (Å²) in [6.45, 7) is 8.07. The Morgan fingerprint density at radius 1 is 0.941 bits per heavy atom. The number of nitrogens with one attached hydrogen (secondary N) is 1. The summed E-state index contributed by atoms with van der Waals surface area (Å²) in [4.78, 5) is 26.2. The lowest BCUT2D eigenvalue weighted by Gasteiger charge is -2.20. The lowest BCUT2D eigenvalue weighted by molar-refractivity contribution is -0.122. The molecule has 4 rings (SSSR count). The molecule has 0 aliphatic carbocycles. The second-order valence-electron chi connectivity index (χ2n) is 9.16. The highest BCUT2D eigenvalue weighted by Crippen LogP contribution is 2.33. The second-order valence-corrected chi connectivity index (χ2v) is 9.60. The molecule has 0 spiro atoms. The number of rotatable bonds is 6. The molecule has 1 amide bonds. The molecule has 1 aromatic heterocycles. The summed E-state index contributed by atoms with van der Waals surface area (Å²) in [5.41, 5.74) is 2.42. The average molecular weight is 476 g/mol. The Morgan fingerprint density at radius 3 is 2.24 bits per heavy atom. The van der Waals surface area contributed by atoms with Crippen molar-refractivity contribution in [2.45, 2.75) is 39.2 Å². The molecule has 5 nitrogen and oxygen atoms in total. The van der Waals surface area contributed by atoms with Gasteiger partial charge in [0.2, 0.25) is 5.78 Å². The van der Waals surface area contributed by atoms with Gasteiger partial charge in [-0.15, -0.1) is 0 Å². The maximum atomic E-state index is 13.2. The molecule has 1 atom stereocenters. The number of furan rings is 1. The number of halogens is 1. The number of para-hydroxylation sites is 1. The van der Waals surface area contributed by atoms with Crippen molar-refractivity contribution in [1.82, 2.24) is 0 Å². The third-order valence-corrected chi connectivity index (χ3v) is 5.81. The van der Waals surface area contributed by atoms with Gasteiger partial charge < -0.3 is 14.5 Å². The quantitative estimate of drug-likeness (QED) is 0.304. The second kappa shape index (κ2) is 9.35. The molecule has 3 aromatic carbocycles. The number of amides is 1. The molecule has 0 saturated heterocycles. The van der Waals surface area contributed by atoms with Gasteiger partial charge in [0.1, 0.15) is 11.3 Å². The van der Waals surface area contributed by atoms with Crippen molar-refractivity contribution in [2.75, 3.05) is 5.32 Å². The van der Waals surface area contributed by atoms with Gasteiger partial charge >= 0.3 is 0 Å². The summed E-state index contributed by atoms with van der Waals surface area (Å²) in [5.74, 6) is -0.102. The van der Waals surface area contributed by atoms with Crippen LogP contribution in [0.5, 0.6) is 5.75 Å². The predicted molar refractivity (Wildman–Crippen MR) is 135 cm³/mol. The number of carbonyl (C=O) groups is 2. The lowest BCUT2D eigenvalue weighted by Crippen LogP contribution is -2.30. The zero-order valence-electron chi connectivity index (χ0n) is 19.5. The van der Waals surface area contributed by atoms with Crippen LogP contribution in [0.1, 0.15) is 49.4 Å². The summed E-state index contributed by atoms with van der Waals surface area (Å²) in [6, 6.07) is 21.4. The summed E-state index contributed by atoms with van der Waals surface area (Å²) >= 11 is 5.95. The molecule has 1 heterocycles. The Hall–Kier alpha value is -3.57. The molecule has 0 fully saturated rings. The largest absolute Gasteiger partial charge is 0.481 e. The molecule has 0 aliphatic rings. The van der Waals surface area contributed by atoms with E-state index >= 15 is 0 Å². The van der Waals surface area contributed by atoms with Gasteiger partial charge in [-0.05, 0) is 66.4 Å². The van der Waals surface area contributed by atoms with Gasteiger partial charge in [0.15, 0.2) is 11.9 Å². The summed E-state index contributed by atoms with van der Waals surface area (Å²) in [6.07, 6.45) is -0.798. The Labute approximate surface area is 203 Å². The minimum atomic E-state index is -0.798. The van der Waals surface area contributed by atoms with Gasteiger partial charge in [-0.3, -0.25) is 9.59 Å². The normalized spacial score (nSPS) is 12.4. The van der Waals surface area contributed by atoms with Crippen LogP contribution in [0.3, 0.4) is 0 Å². The fraction of sp³-hybridized carbons (Fsp3) is 0.214. The van der Waals surface area contributed by atoms with Crippen molar-refractivity contribution in [3.05, 3.63) is 94.7 Å². The highest BCUT2D eigenvalue weighted by Gasteiger charge is 2.25. The zero-order valence-corrected chi connectivity index (χ0v) is 20.3. The molecule has 1 unspecified atom stereocenters. The zero-order chi connectivity index (χ0) is 24.5. The highest BCUT2D eigenvalue weighted by molar-refractivity contribution is 6.30. The number of hydrogen-bond acceptors (Lipinski definition) is 4. The van der Waals surface area contributed by atoms with Gasteiger partial charge in [0, 0.05) is 16.0 Å². The molecule has 34 heavy (non-hydrogen) atoms. The maximum Gasteiger partial charge on any atom is 0.265 e. The van der Waals surface area contributed by atoms with E-state index in [0.29, 0.717) is 33.0 Å². The minimum Gasteiger partial charge on any atom is -0.481 e. The van der Waals surface area contributed by atoms with Gasteiger partial charge in [-0.2, -0.15) is 0 Å². The van der Waals surface area contributed by atoms with Crippen molar-refractivity contribution in [1.29, 1.82) is 0 Å². The van der Waals surface area contributed by atoms with E-state index in [1.165, 1.54) is 5.56 Å². The minimum absolute atomic E-state index is 0.0247. The van der Waals surface area contributed by atoms with Crippen LogP contribution in [0.15, 0.2) is 77.2 Å². The number of benzene rings is 3. The topological polar surface area (TPSA) is 68.5 Å². The SMILES string of the molecule is CC(Oc1ccc(C(C)(C)C)cc1)C(=O)Nc1c(C(=O)c2ccc(Cl)cc2)oc2ccccc12. The third kappa shape index (κ3) is 5.00. The number of anilines is 1. The van der Waals surface area contributed by atoms with Crippen LogP contribution in [-0.4, -0.2) is 17.8 Å². The Balaban J connectivity index is 1.58. The van der Waals surface area contributed by atoms with Crippen LogP contribution < -0.4 is 10.1 Å². The maximum absolute atomic E-state index is 13.2. The molecule has 0 bridgehead atoms. The smallest absolute Gasteiger partial charge is 0.265 e. The number of carbonyl (C=O) groups excluding carboxylic acids is 2. The summed E-state index contributed by atoms with van der Waals surface area (Å²) in [5, 5.41) is 4.01. The fourth-order valence-electron chi connectivity index (χ4n) is 3.58. The number of ether oxygens (including phenoxy) is 1. The first-order valence-corrected chi connectivity index (χ1v) is 11.4. The van der Waals surface area contributed by atoms with Crippen LogP contribution >= 0.6 is 11.6 Å². The van der Waals surface area contributed by atoms with Crippen LogP contribution in [-0.2, 0) is 10.2 Å². The first-order chi connectivity index (χ1) is 16.1. The number of ketones is 1. The van der Waals surface area contributed by atoms with E-state index in [0.717, 1.165) is 0 Å². The van der Waals surface area contributed by atoms with Crippen LogP contribution in [0, 0.1) is 0 Å². The van der Waals surface area contributed by atoms with Crippen molar-refractivity contribution < 1.29 is 18.7 Å². The standard InChI is InChI=1S/C28H26ClNO4/c1-17(33-21-15-11-19(12-16-21)28(2,3)4)27(32)30-24-22-7-5-6-8-23(22)34-26(24)25(31)18-9-13-20(29)14-10-18/h5-17H,1-4H3,(H,30,32). The molecule has 174 valence electrons. The van der Waals surface area contributed by atoms with E-state index in [9.17, 15) is 9.59 Å². The van der Waals surface area contributed by atoms with Crippen LogP contribution in [0.25, 0.3) is 11.0 Å². The predicted octanol–water partition coefficient (Wildman–Crippen LogP) is 7.02. The van der Waals surface area contributed by atoms with E-state index < -0.39 is 12.0 Å². The van der Waals surface area contributed by atoms with E-state index in [1.807, 2.05) is 30.3 Å². The summed E-state index contributed by atoms with van der Waals surface area (Å²) in [7, 11) is 0. The molecule has 6 heteroatoms. The molecular weight excluding hydrogens is 450 g/mol. The molecule has 4 aromatic rings. The van der Waals surface area contributed by atoms with Gasteiger partial charge in [-0.25, -0.2) is 0 Å². The Morgan fingerprint density at radius 2 is 1.59 bits per heavy atom. The monoisotopic (exact) mass is 475 g/mol. The van der Waals surface area contributed by atoms with E-state index in [2.05, 4.69) is 26.1 Å². The van der Waals surface area contributed by atoms with Crippen molar-refractivity contribution in [3.63, 3.8) is 0 Å². The van der Waals surface area contributed by atoms with E-state index in [-0.39, 0.29) is 17.0 Å². The number of fused-ring (bicyclic) bond motifs is 1. The van der Waals surface area contributed by atoms with Crippen LogP contribution in [0.4, 0.5) is 5.69 Å². The first-order valence-electron chi connectivity index (χ1n) is 11.0. The highest BCUT2D eigenvalue weighted by atomic mass is 35.5. The molecular formula is C28H26ClNO4. The fourth-order valence-corrected chi connectivity index (χ4v) is 3.70. The molecule has 0 aliphatic heterocycles.